The van der Waals surface area contributed by atoms with E-state index in [9.17, 15) is 29.4 Å². The zero-order chi connectivity index (χ0) is 35.0. The molecule has 0 radical (unpaired) electrons. The van der Waals surface area contributed by atoms with Crippen LogP contribution in [-0.4, -0.2) is 108 Å². The first-order valence-electron chi connectivity index (χ1n) is 17.7. The Hall–Kier alpha value is -2.89. The number of aliphatic hydroxyl groups is 2. The third kappa shape index (κ3) is 6.91. The highest BCUT2D eigenvalue weighted by atomic mass is 35.5. The van der Waals surface area contributed by atoms with Crippen LogP contribution in [0.2, 0.25) is 0 Å². The molecule has 11 heteroatoms. The molecule has 1 aliphatic heterocycles. The molecule has 0 spiro atoms. The van der Waals surface area contributed by atoms with Gasteiger partial charge in [0, 0.05) is 55.4 Å². The average molecular weight is 697 g/mol. The van der Waals surface area contributed by atoms with Crippen molar-refractivity contribution < 1.29 is 38.9 Å². The van der Waals surface area contributed by atoms with Gasteiger partial charge in [0.25, 0.3) is 0 Å². The Morgan fingerprint density at radius 1 is 1.02 bits per heavy atom. The highest BCUT2D eigenvalue weighted by Crippen LogP contribution is 2.67. The van der Waals surface area contributed by atoms with Gasteiger partial charge in [-0.1, -0.05) is 37.6 Å². The number of hydrogen-bond donors (Lipinski definition) is 2. The summed E-state index contributed by atoms with van der Waals surface area (Å²) in [5.41, 5.74) is -0.443. The molecule has 5 aliphatic rings. The van der Waals surface area contributed by atoms with Gasteiger partial charge in [0.1, 0.15) is 5.60 Å². The molecule has 6 rings (SSSR count). The first kappa shape index (κ1) is 35.9. The van der Waals surface area contributed by atoms with E-state index in [1.165, 1.54) is 0 Å². The summed E-state index contributed by atoms with van der Waals surface area (Å²) in [5.74, 6) is -0.930. The Bertz CT molecular complexity index is 1500. The summed E-state index contributed by atoms with van der Waals surface area (Å²) in [7, 11) is 0. The van der Waals surface area contributed by atoms with Crippen molar-refractivity contribution in [1.82, 2.24) is 9.80 Å². The van der Waals surface area contributed by atoms with Crippen molar-refractivity contribution in [3.05, 3.63) is 59.2 Å². The standard InChI is InChI=1S/C38H49ClN2O8/c1-36-12-10-28(42)20-27(36)8-9-29-30-11-13-38(47,37(30,2)21-31(43)34(29)36)32(44)24-49-33(45)23-41-17-15-40(16-18-41)14-3-19-48-35(46)26-6-4-25(22-39)5-7-26/h4-7,10,12,20,29-31,34,43,47H,3,8-9,11,13-19,21-24H2,1-2H3/t29-,30-,31?,34+,36-,37-,38-/m0/s1. The average Bonchev–Trinajstić information content (AvgIpc) is 3.36. The summed E-state index contributed by atoms with van der Waals surface area (Å²) in [6, 6.07) is 7.05. The van der Waals surface area contributed by atoms with E-state index in [1.54, 1.807) is 24.3 Å². The minimum atomic E-state index is -1.69. The van der Waals surface area contributed by atoms with Crippen molar-refractivity contribution in [3.63, 3.8) is 0 Å². The van der Waals surface area contributed by atoms with Crippen molar-refractivity contribution in [2.75, 3.05) is 52.5 Å². The molecule has 10 nitrogen and oxygen atoms in total. The molecule has 1 saturated heterocycles. The summed E-state index contributed by atoms with van der Waals surface area (Å²) in [6.45, 7) is 7.52. The molecule has 1 aromatic rings. The number of piperazine rings is 1. The predicted octanol–water partition coefficient (Wildman–Crippen LogP) is 3.71. The molecule has 7 atom stereocenters. The van der Waals surface area contributed by atoms with E-state index in [4.69, 9.17) is 21.1 Å². The van der Waals surface area contributed by atoms with E-state index in [-0.39, 0.29) is 48.9 Å². The molecular weight excluding hydrogens is 648 g/mol. The second-order valence-corrected chi connectivity index (χ2v) is 15.4. The van der Waals surface area contributed by atoms with Gasteiger partial charge in [0.15, 0.2) is 12.4 Å². The molecule has 1 heterocycles. The van der Waals surface area contributed by atoms with Crippen molar-refractivity contribution in [2.24, 2.45) is 28.6 Å². The van der Waals surface area contributed by atoms with E-state index < -0.39 is 40.9 Å². The Balaban J connectivity index is 0.934. The van der Waals surface area contributed by atoms with Crippen LogP contribution in [0, 0.1) is 28.6 Å². The van der Waals surface area contributed by atoms with Gasteiger partial charge in [0.05, 0.1) is 24.8 Å². The smallest absolute Gasteiger partial charge is 0.338 e. The highest BCUT2D eigenvalue weighted by Gasteiger charge is 2.68. The van der Waals surface area contributed by atoms with Gasteiger partial charge in [0.2, 0.25) is 5.78 Å². The van der Waals surface area contributed by atoms with E-state index in [1.807, 2.05) is 30.0 Å². The second-order valence-electron chi connectivity index (χ2n) is 15.1. The van der Waals surface area contributed by atoms with Gasteiger partial charge in [-0.3, -0.25) is 19.3 Å². The highest BCUT2D eigenvalue weighted by molar-refractivity contribution is 6.17. The Labute approximate surface area is 293 Å². The lowest BCUT2D eigenvalue weighted by Crippen LogP contribution is -2.61. The van der Waals surface area contributed by atoms with Gasteiger partial charge in [-0.15, -0.1) is 11.6 Å². The van der Waals surface area contributed by atoms with Crippen LogP contribution in [0.1, 0.15) is 68.3 Å². The number of nitrogens with zero attached hydrogens (tertiary/aromatic N) is 2. The number of fused-ring (bicyclic) bond motifs is 5. The first-order chi connectivity index (χ1) is 23.4. The number of hydrogen-bond acceptors (Lipinski definition) is 10. The Morgan fingerprint density at radius 3 is 2.45 bits per heavy atom. The molecule has 1 aromatic carbocycles. The molecule has 4 aliphatic carbocycles. The number of allylic oxidation sites excluding steroid dienone is 4. The van der Waals surface area contributed by atoms with Crippen molar-refractivity contribution in [2.45, 2.75) is 70.0 Å². The number of Topliss-reactive ketones (excluding diaryl/α,β-unsaturated/α-hetero) is 1. The quantitative estimate of drug-likeness (QED) is 0.200. The topological polar surface area (TPSA) is 134 Å². The number of alkyl halides is 1. The number of benzene rings is 1. The molecular formula is C38H49ClN2O8. The van der Waals surface area contributed by atoms with E-state index >= 15 is 0 Å². The number of halogens is 1. The maximum absolute atomic E-state index is 13.6. The van der Waals surface area contributed by atoms with Gasteiger partial charge < -0.3 is 24.6 Å². The van der Waals surface area contributed by atoms with Crippen LogP contribution in [0.15, 0.2) is 48.1 Å². The number of esters is 2. The third-order valence-electron chi connectivity index (χ3n) is 12.5. The van der Waals surface area contributed by atoms with E-state index in [0.717, 1.165) is 43.6 Å². The van der Waals surface area contributed by atoms with Crippen LogP contribution in [-0.2, 0) is 29.7 Å². The van der Waals surface area contributed by atoms with Crippen molar-refractivity contribution in [1.29, 1.82) is 0 Å². The first-order valence-corrected chi connectivity index (χ1v) is 18.2. The van der Waals surface area contributed by atoms with E-state index in [0.29, 0.717) is 44.0 Å². The molecule has 49 heavy (non-hydrogen) atoms. The summed E-state index contributed by atoms with van der Waals surface area (Å²) in [6.07, 6.45) is 7.98. The lowest BCUT2D eigenvalue weighted by molar-refractivity contribution is -0.181. The maximum Gasteiger partial charge on any atom is 0.338 e. The number of rotatable bonds is 11. The Morgan fingerprint density at radius 2 is 1.73 bits per heavy atom. The van der Waals surface area contributed by atoms with Crippen LogP contribution in [0.3, 0.4) is 0 Å². The molecule has 0 amide bonds. The fraction of sp³-hybridized carbons (Fsp3) is 0.632. The maximum atomic E-state index is 13.6. The van der Waals surface area contributed by atoms with Gasteiger partial charge in [-0.2, -0.15) is 0 Å². The minimum absolute atomic E-state index is 0.0165. The summed E-state index contributed by atoms with van der Waals surface area (Å²) in [4.78, 5) is 55.0. The van der Waals surface area contributed by atoms with Crippen LogP contribution in [0.5, 0.6) is 0 Å². The van der Waals surface area contributed by atoms with Crippen molar-refractivity contribution >= 4 is 35.1 Å². The molecule has 2 N–H and O–H groups in total. The monoisotopic (exact) mass is 696 g/mol. The largest absolute Gasteiger partial charge is 0.462 e. The number of ether oxygens (including phenoxy) is 2. The fourth-order valence-electron chi connectivity index (χ4n) is 9.72. The zero-order valence-electron chi connectivity index (χ0n) is 28.6. The lowest BCUT2D eigenvalue weighted by atomic mass is 9.46. The number of ketones is 2. The number of aliphatic hydroxyl groups excluding tert-OH is 1. The summed E-state index contributed by atoms with van der Waals surface area (Å²) < 4.78 is 10.9. The molecule has 0 aromatic heterocycles. The van der Waals surface area contributed by atoms with Crippen molar-refractivity contribution in [3.8, 4) is 0 Å². The molecule has 266 valence electrons. The summed E-state index contributed by atoms with van der Waals surface area (Å²) >= 11 is 5.80. The molecule has 3 saturated carbocycles. The van der Waals surface area contributed by atoms with Gasteiger partial charge in [-0.25, -0.2) is 4.79 Å². The van der Waals surface area contributed by atoms with Gasteiger partial charge >= 0.3 is 11.9 Å². The van der Waals surface area contributed by atoms with Crippen LogP contribution < -0.4 is 0 Å². The molecule has 4 fully saturated rings. The summed E-state index contributed by atoms with van der Waals surface area (Å²) in [5, 5.41) is 23.5. The van der Waals surface area contributed by atoms with Crippen LogP contribution in [0.4, 0.5) is 0 Å². The SMILES string of the molecule is C[C@]12C=CC(=O)C=C1CC[C@@H]1[C@@H]2C(O)C[C@@]2(C)[C@H]1CC[C@]2(O)C(=O)COC(=O)CN1CCN(CCCOC(=O)c2ccc(CCl)cc2)CC1. The molecule has 0 bridgehead atoms. The molecule has 1 unspecified atom stereocenters. The Kier molecular flexibility index (Phi) is 10.5. The second kappa shape index (κ2) is 14.4. The normalized spacial score (nSPS) is 34.4. The van der Waals surface area contributed by atoms with Gasteiger partial charge in [-0.05, 0) is 80.2 Å². The number of carbonyl (C=O) groups is 4. The number of carbonyl (C=O) groups excluding carboxylic acids is 4. The lowest BCUT2D eigenvalue weighted by Gasteiger charge is -2.59. The fourth-order valence-corrected chi connectivity index (χ4v) is 9.90. The zero-order valence-corrected chi connectivity index (χ0v) is 29.3. The van der Waals surface area contributed by atoms with E-state index in [2.05, 4.69) is 11.8 Å². The van der Waals surface area contributed by atoms with Crippen LogP contribution in [0.25, 0.3) is 0 Å². The predicted molar refractivity (Wildman–Crippen MR) is 183 cm³/mol. The minimum Gasteiger partial charge on any atom is -0.462 e. The van der Waals surface area contributed by atoms with Crippen LogP contribution >= 0.6 is 11.6 Å². The third-order valence-corrected chi connectivity index (χ3v) is 12.8.